The van der Waals surface area contributed by atoms with Crippen LogP contribution < -0.4 is 4.74 Å². The zero-order valence-corrected chi connectivity index (χ0v) is 12.4. The summed E-state index contributed by atoms with van der Waals surface area (Å²) in [5.74, 6) is -0.293. The Balaban J connectivity index is 1.92. The average Bonchev–Trinajstić information content (AvgIpc) is 2.91. The fourth-order valence-corrected chi connectivity index (χ4v) is 2.58. The maximum Gasteiger partial charge on any atom is 0.356 e. The molecule has 22 heavy (non-hydrogen) atoms. The number of aromatic nitrogens is 2. The quantitative estimate of drug-likeness (QED) is 0.938. The van der Waals surface area contributed by atoms with E-state index >= 15 is 0 Å². The lowest BCUT2D eigenvalue weighted by atomic mass is 10.1. The molecule has 0 spiro atoms. The third kappa shape index (κ3) is 2.96. The number of benzene rings is 1. The van der Waals surface area contributed by atoms with Crippen LogP contribution in [0.4, 0.5) is 0 Å². The van der Waals surface area contributed by atoms with Crippen molar-refractivity contribution in [1.82, 2.24) is 9.78 Å². The van der Waals surface area contributed by atoms with E-state index in [9.17, 15) is 4.79 Å². The number of hydrogen-bond donors (Lipinski definition) is 1. The van der Waals surface area contributed by atoms with Crippen LogP contribution in [0.1, 0.15) is 23.3 Å². The Morgan fingerprint density at radius 1 is 1.36 bits per heavy atom. The van der Waals surface area contributed by atoms with Crippen molar-refractivity contribution < 1.29 is 19.4 Å². The molecule has 1 aromatic carbocycles. The van der Waals surface area contributed by atoms with Crippen LogP contribution in [0.15, 0.2) is 30.3 Å². The van der Waals surface area contributed by atoms with Crippen LogP contribution in [-0.2, 0) is 11.8 Å². The molecule has 1 fully saturated rings. The van der Waals surface area contributed by atoms with E-state index in [2.05, 4.69) is 5.10 Å². The van der Waals surface area contributed by atoms with Crippen molar-refractivity contribution in [2.45, 2.75) is 18.9 Å². The fraction of sp³-hybridized carbons (Fsp3) is 0.375. The highest BCUT2D eigenvalue weighted by atomic mass is 16.5. The van der Waals surface area contributed by atoms with Gasteiger partial charge in [-0.05, 0) is 18.2 Å². The summed E-state index contributed by atoms with van der Waals surface area (Å²) in [6.45, 7) is 1.42. The Labute approximate surface area is 128 Å². The monoisotopic (exact) mass is 302 g/mol. The van der Waals surface area contributed by atoms with Gasteiger partial charge in [0.05, 0.1) is 18.9 Å². The van der Waals surface area contributed by atoms with Crippen molar-refractivity contribution in [3.8, 4) is 17.0 Å². The molecule has 0 bridgehead atoms. The summed E-state index contributed by atoms with van der Waals surface area (Å²) >= 11 is 0. The average molecular weight is 302 g/mol. The van der Waals surface area contributed by atoms with Crippen LogP contribution in [0.3, 0.4) is 0 Å². The molecule has 0 radical (unpaired) electrons. The molecule has 1 aliphatic heterocycles. The third-order valence-electron chi connectivity index (χ3n) is 3.72. The van der Waals surface area contributed by atoms with Crippen molar-refractivity contribution in [2.75, 3.05) is 13.2 Å². The first-order chi connectivity index (χ1) is 10.6. The molecule has 6 heteroatoms. The summed E-state index contributed by atoms with van der Waals surface area (Å²) in [5, 5.41) is 13.1. The van der Waals surface area contributed by atoms with Gasteiger partial charge in [-0.1, -0.05) is 12.1 Å². The van der Waals surface area contributed by atoms with Gasteiger partial charge in [0.15, 0.2) is 5.69 Å². The maximum atomic E-state index is 11.1. The number of nitrogens with zero attached hydrogens (tertiary/aromatic N) is 2. The molecule has 0 atom stereocenters. The molecule has 1 aliphatic rings. The second-order valence-electron chi connectivity index (χ2n) is 5.27. The second-order valence-corrected chi connectivity index (χ2v) is 5.27. The molecule has 2 aromatic rings. The lowest BCUT2D eigenvalue weighted by molar-refractivity contribution is 0.0258. The first-order valence-corrected chi connectivity index (χ1v) is 7.26. The smallest absolute Gasteiger partial charge is 0.356 e. The van der Waals surface area contributed by atoms with Crippen LogP contribution in [0.25, 0.3) is 11.3 Å². The summed E-state index contributed by atoms with van der Waals surface area (Å²) in [4.78, 5) is 11.1. The van der Waals surface area contributed by atoms with E-state index < -0.39 is 5.97 Å². The van der Waals surface area contributed by atoms with E-state index in [1.165, 1.54) is 0 Å². The highest BCUT2D eigenvalue weighted by Gasteiger charge is 2.19. The minimum absolute atomic E-state index is 0.0263. The third-order valence-corrected chi connectivity index (χ3v) is 3.72. The van der Waals surface area contributed by atoms with Gasteiger partial charge < -0.3 is 14.6 Å². The lowest BCUT2D eigenvalue weighted by Gasteiger charge is -2.24. The molecule has 1 saturated heterocycles. The van der Waals surface area contributed by atoms with E-state index in [1.807, 2.05) is 24.3 Å². The predicted octanol–water partition coefficient (Wildman–Crippen LogP) is 2.34. The first kappa shape index (κ1) is 14.6. The molecule has 0 amide bonds. The molecule has 0 unspecified atom stereocenters. The van der Waals surface area contributed by atoms with Gasteiger partial charge in [0.25, 0.3) is 0 Å². The van der Waals surface area contributed by atoms with Gasteiger partial charge in [-0.2, -0.15) is 5.10 Å². The number of para-hydroxylation sites is 1. The summed E-state index contributed by atoms with van der Waals surface area (Å²) in [6.07, 6.45) is 1.85. The number of hydrogen-bond acceptors (Lipinski definition) is 4. The Morgan fingerprint density at radius 2 is 2.09 bits per heavy atom. The van der Waals surface area contributed by atoms with Gasteiger partial charge in [0.2, 0.25) is 0 Å². The number of carbonyl (C=O) groups is 1. The number of ether oxygens (including phenoxy) is 2. The van der Waals surface area contributed by atoms with Crippen molar-refractivity contribution in [2.24, 2.45) is 7.05 Å². The van der Waals surface area contributed by atoms with Gasteiger partial charge in [0, 0.05) is 25.5 Å². The van der Waals surface area contributed by atoms with Crippen LogP contribution in [-0.4, -0.2) is 40.2 Å². The molecule has 116 valence electrons. The highest BCUT2D eigenvalue weighted by molar-refractivity contribution is 5.87. The van der Waals surface area contributed by atoms with Gasteiger partial charge in [-0.15, -0.1) is 0 Å². The summed E-state index contributed by atoms with van der Waals surface area (Å²) in [6, 6.07) is 9.19. The number of aromatic carboxylic acids is 1. The van der Waals surface area contributed by atoms with E-state index in [-0.39, 0.29) is 11.8 Å². The number of carboxylic acid groups (broad SMARTS) is 1. The first-order valence-electron chi connectivity index (χ1n) is 7.26. The minimum Gasteiger partial charge on any atom is -0.490 e. The van der Waals surface area contributed by atoms with Crippen LogP contribution >= 0.6 is 0 Å². The van der Waals surface area contributed by atoms with Crippen LogP contribution in [0.2, 0.25) is 0 Å². The molecular formula is C16H18N2O4. The van der Waals surface area contributed by atoms with Gasteiger partial charge >= 0.3 is 5.97 Å². The number of rotatable bonds is 4. The van der Waals surface area contributed by atoms with E-state index in [0.29, 0.717) is 13.2 Å². The normalized spacial score (nSPS) is 15.7. The van der Waals surface area contributed by atoms with Crippen LogP contribution in [0, 0.1) is 0 Å². The minimum atomic E-state index is -1.04. The highest BCUT2D eigenvalue weighted by Crippen LogP contribution is 2.31. The van der Waals surface area contributed by atoms with Crippen molar-refractivity contribution in [1.29, 1.82) is 0 Å². The molecule has 3 rings (SSSR count). The van der Waals surface area contributed by atoms with Gasteiger partial charge in [-0.3, -0.25) is 4.68 Å². The SMILES string of the molecule is Cn1nc(C(=O)O)cc1-c1ccccc1OC1CCOCC1. The topological polar surface area (TPSA) is 73.6 Å². The van der Waals surface area contributed by atoms with Crippen molar-refractivity contribution in [3.63, 3.8) is 0 Å². The van der Waals surface area contributed by atoms with Crippen molar-refractivity contribution in [3.05, 3.63) is 36.0 Å². The Morgan fingerprint density at radius 3 is 2.77 bits per heavy atom. The molecular weight excluding hydrogens is 284 g/mol. The van der Waals surface area contributed by atoms with Crippen molar-refractivity contribution >= 4 is 5.97 Å². The van der Waals surface area contributed by atoms with Gasteiger partial charge in [-0.25, -0.2) is 4.79 Å². The number of carboxylic acids is 1. The zero-order valence-electron chi connectivity index (χ0n) is 12.4. The summed E-state index contributed by atoms with van der Waals surface area (Å²) in [5.41, 5.74) is 1.59. The Hall–Kier alpha value is -2.34. The molecule has 0 saturated carbocycles. The molecule has 1 aromatic heterocycles. The van der Waals surface area contributed by atoms with E-state index in [0.717, 1.165) is 29.8 Å². The second kappa shape index (κ2) is 6.19. The van der Waals surface area contributed by atoms with Crippen LogP contribution in [0.5, 0.6) is 5.75 Å². The fourth-order valence-electron chi connectivity index (χ4n) is 2.58. The summed E-state index contributed by atoms with van der Waals surface area (Å²) < 4.78 is 13.0. The summed E-state index contributed by atoms with van der Waals surface area (Å²) in [7, 11) is 1.73. The van der Waals surface area contributed by atoms with Gasteiger partial charge in [0.1, 0.15) is 11.9 Å². The number of aryl methyl sites for hydroxylation is 1. The largest absolute Gasteiger partial charge is 0.490 e. The predicted molar refractivity (Wildman–Crippen MR) is 80.1 cm³/mol. The Bertz CT molecular complexity index is 675. The molecule has 6 nitrogen and oxygen atoms in total. The molecule has 0 aliphatic carbocycles. The van der Waals surface area contributed by atoms with E-state index in [4.69, 9.17) is 14.6 Å². The maximum absolute atomic E-state index is 11.1. The zero-order chi connectivity index (χ0) is 15.5. The lowest BCUT2D eigenvalue weighted by Crippen LogP contribution is -2.26. The molecule has 1 N–H and O–H groups in total. The molecule has 2 heterocycles. The standard InChI is InChI=1S/C16H18N2O4/c1-18-14(10-13(17-18)16(19)20)12-4-2-3-5-15(12)22-11-6-8-21-9-7-11/h2-5,10-11H,6-9H2,1H3,(H,19,20). The van der Waals surface area contributed by atoms with E-state index in [1.54, 1.807) is 17.8 Å². The Kier molecular flexibility index (Phi) is 4.11.